The van der Waals surface area contributed by atoms with E-state index in [9.17, 15) is 9.50 Å². The number of anilines is 1. The molecule has 1 aliphatic carbocycles. The third kappa shape index (κ3) is 2.48. The number of hydrogen-bond acceptors (Lipinski definition) is 4. The van der Waals surface area contributed by atoms with E-state index in [-0.39, 0.29) is 11.9 Å². The summed E-state index contributed by atoms with van der Waals surface area (Å²) in [5, 5.41) is 9.85. The maximum absolute atomic E-state index is 13.8. The Balaban J connectivity index is 2.60. The van der Waals surface area contributed by atoms with Crippen LogP contribution in [0.2, 0.25) is 0 Å². The zero-order valence-electron chi connectivity index (χ0n) is 9.99. The van der Waals surface area contributed by atoms with E-state index in [0.717, 1.165) is 6.20 Å². The monoisotopic (exact) mass is 250 g/mol. The number of hydrogen-bond donors (Lipinski definition) is 2. The minimum atomic E-state index is -0.571. The molecular formula is C12H15FN4O. The van der Waals surface area contributed by atoms with Crippen LogP contribution in [0.25, 0.3) is 0 Å². The fourth-order valence-corrected chi connectivity index (χ4v) is 1.85. The van der Waals surface area contributed by atoms with Gasteiger partial charge in [-0.25, -0.2) is 14.4 Å². The smallest absolute Gasteiger partial charge is 0.160 e. The summed E-state index contributed by atoms with van der Waals surface area (Å²) in [6, 6.07) is -0.319. The average Bonchev–Trinajstić information content (AvgIpc) is 2.77. The highest BCUT2D eigenvalue weighted by Gasteiger charge is 2.22. The van der Waals surface area contributed by atoms with Crippen LogP contribution in [0.3, 0.4) is 0 Å². The number of halogens is 1. The summed E-state index contributed by atoms with van der Waals surface area (Å²) < 4.78 is 15.4. The van der Waals surface area contributed by atoms with Gasteiger partial charge >= 0.3 is 0 Å². The molecule has 2 atom stereocenters. The second-order valence-corrected chi connectivity index (χ2v) is 4.14. The molecule has 6 heteroatoms. The third-order valence-corrected chi connectivity index (χ3v) is 2.88. The average molecular weight is 250 g/mol. The van der Waals surface area contributed by atoms with Crippen molar-refractivity contribution >= 4 is 5.82 Å². The lowest BCUT2D eigenvalue weighted by Crippen LogP contribution is -2.20. The molecule has 3 N–H and O–H groups in total. The molecule has 0 amide bonds. The summed E-state index contributed by atoms with van der Waals surface area (Å²) in [5.41, 5.74) is 5.82. The molecule has 0 aromatic carbocycles. The number of aromatic nitrogens is 3. The van der Waals surface area contributed by atoms with Crippen LogP contribution in [0.1, 0.15) is 18.2 Å². The van der Waals surface area contributed by atoms with Crippen molar-refractivity contribution in [3.63, 3.8) is 0 Å². The van der Waals surface area contributed by atoms with Gasteiger partial charge in [0.1, 0.15) is 5.82 Å². The topological polar surface area (TPSA) is 77.0 Å². The largest absolute Gasteiger partial charge is 0.390 e. The lowest BCUT2D eigenvalue weighted by Gasteiger charge is -2.18. The lowest BCUT2D eigenvalue weighted by atomic mass is 10.2. The Kier molecular flexibility index (Phi) is 3.57. The molecule has 0 saturated heterocycles. The molecule has 1 heterocycles. The molecule has 96 valence electrons. The van der Waals surface area contributed by atoms with E-state index in [2.05, 4.69) is 9.97 Å². The molecule has 0 aliphatic heterocycles. The molecule has 0 bridgehead atoms. The van der Waals surface area contributed by atoms with Crippen LogP contribution >= 0.6 is 0 Å². The van der Waals surface area contributed by atoms with Gasteiger partial charge in [-0.2, -0.15) is 0 Å². The van der Waals surface area contributed by atoms with Crippen LogP contribution in [-0.2, 0) is 0 Å². The van der Waals surface area contributed by atoms with E-state index < -0.39 is 11.9 Å². The van der Waals surface area contributed by atoms with Gasteiger partial charge < -0.3 is 15.4 Å². The summed E-state index contributed by atoms with van der Waals surface area (Å²) in [6.07, 6.45) is 7.50. The molecule has 18 heavy (non-hydrogen) atoms. The molecular weight excluding hydrogens is 235 g/mol. The van der Waals surface area contributed by atoms with Crippen molar-refractivity contribution in [3.05, 3.63) is 42.4 Å². The van der Waals surface area contributed by atoms with Gasteiger partial charge in [0.25, 0.3) is 0 Å². The van der Waals surface area contributed by atoms with Gasteiger partial charge in [0.2, 0.25) is 0 Å². The molecule has 1 aromatic heterocycles. The standard InChI is InChI=1S/C12H15FN4O/c1-8-9(13)5-16-12(14)6-15-7-17(8)10-3-2-4-11(10)18/h2-3,5-7,10-11,18H,4,14H2,1H3. The number of nitrogen functional groups attached to an aromatic ring is 1. The predicted octanol–water partition coefficient (Wildman–Crippen LogP) is 1.29. The Morgan fingerprint density at radius 1 is 1.50 bits per heavy atom. The molecule has 2 unspecified atom stereocenters. The number of aliphatic hydroxyl groups is 1. The number of aliphatic hydroxyl groups excluding tert-OH is 1. The fourth-order valence-electron chi connectivity index (χ4n) is 1.85. The first-order valence-corrected chi connectivity index (χ1v) is 5.62. The van der Waals surface area contributed by atoms with Crippen molar-refractivity contribution in [2.45, 2.75) is 25.5 Å². The van der Waals surface area contributed by atoms with Crippen molar-refractivity contribution in [3.8, 4) is 0 Å². The second-order valence-electron chi connectivity index (χ2n) is 4.14. The van der Waals surface area contributed by atoms with Crippen LogP contribution in [0, 0.1) is 12.7 Å². The van der Waals surface area contributed by atoms with Crippen molar-refractivity contribution in [2.75, 3.05) is 5.73 Å². The van der Waals surface area contributed by atoms with Crippen molar-refractivity contribution in [1.29, 1.82) is 0 Å². The quantitative estimate of drug-likeness (QED) is 0.736. The molecule has 1 aliphatic rings. The molecule has 0 spiro atoms. The van der Waals surface area contributed by atoms with Gasteiger partial charge in [-0.15, -0.1) is 0 Å². The Hall–Kier alpha value is -1.95. The van der Waals surface area contributed by atoms with Crippen LogP contribution in [0.15, 0.2) is 30.9 Å². The van der Waals surface area contributed by atoms with Gasteiger partial charge in [0.15, 0.2) is 5.82 Å². The van der Waals surface area contributed by atoms with Gasteiger partial charge in [-0.1, -0.05) is 12.2 Å². The first kappa shape index (κ1) is 12.5. The normalized spacial score (nSPS) is 21.9. The first-order valence-electron chi connectivity index (χ1n) is 5.62. The summed E-state index contributed by atoms with van der Waals surface area (Å²) in [7, 11) is 0. The number of nitrogens with two attached hydrogens (primary N) is 1. The van der Waals surface area contributed by atoms with Crippen LogP contribution in [0.4, 0.5) is 10.2 Å². The highest BCUT2D eigenvalue weighted by Crippen LogP contribution is 2.24. The molecule has 1 aromatic rings. The van der Waals surface area contributed by atoms with E-state index in [1.807, 2.05) is 12.2 Å². The molecule has 0 fully saturated rings. The molecule has 0 saturated carbocycles. The highest BCUT2D eigenvalue weighted by atomic mass is 19.1. The fraction of sp³-hybridized carbons (Fsp3) is 0.333. The predicted molar refractivity (Wildman–Crippen MR) is 65.6 cm³/mol. The Morgan fingerprint density at radius 3 is 2.94 bits per heavy atom. The van der Waals surface area contributed by atoms with Crippen molar-refractivity contribution < 1.29 is 9.50 Å². The zero-order valence-corrected chi connectivity index (χ0v) is 9.99. The zero-order chi connectivity index (χ0) is 13.1. The van der Waals surface area contributed by atoms with Gasteiger partial charge in [0.05, 0.1) is 36.6 Å². The maximum Gasteiger partial charge on any atom is 0.160 e. The van der Waals surface area contributed by atoms with Crippen LogP contribution in [-0.4, -0.2) is 25.7 Å². The van der Waals surface area contributed by atoms with E-state index in [1.54, 1.807) is 11.5 Å². The van der Waals surface area contributed by atoms with E-state index in [0.29, 0.717) is 12.1 Å². The Labute approximate surface area is 104 Å². The minimum absolute atomic E-state index is 0.124. The van der Waals surface area contributed by atoms with E-state index in [1.165, 1.54) is 12.5 Å². The Bertz CT molecular complexity index is 525. The van der Waals surface area contributed by atoms with Gasteiger partial charge in [-0.3, -0.25) is 0 Å². The third-order valence-electron chi connectivity index (χ3n) is 2.88. The number of nitrogens with zero attached hydrogens (tertiary/aromatic N) is 3. The van der Waals surface area contributed by atoms with E-state index in [4.69, 9.17) is 5.73 Å². The molecule has 5 nitrogen and oxygen atoms in total. The second kappa shape index (κ2) is 5.14. The summed E-state index contributed by atoms with van der Waals surface area (Å²) in [5.74, 6) is -0.384. The SMILES string of the molecule is Cc1c(F)cnc(N)cncn1C1C=CCC1O. The summed E-state index contributed by atoms with van der Waals surface area (Å²) >= 11 is 0. The van der Waals surface area contributed by atoms with Gasteiger partial charge in [0, 0.05) is 0 Å². The van der Waals surface area contributed by atoms with Gasteiger partial charge in [-0.05, 0) is 13.3 Å². The van der Waals surface area contributed by atoms with Crippen LogP contribution in [0.5, 0.6) is 0 Å². The number of rotatable bonds is 1. The first-order chi connectivity index (χ1) is 8.59. The maximum atomic E-state index is 13.8. The van der Waals surface area contributed by atoms with Crippen LogP contribution < -0.4 is 5.73 Å². The lowest BCUT2D eigenvalue weighted by molar-refractivity contribution is 0.144. The Morgan fingerprint density at radius 2 is 2.28 bits per heavy atom. The molecule has 0 radical (unpaired) electrons. The summed E-state index contributed by atoms with van der Waals surface area (Å²) in [4.78, 5) is 7.69. The summed E-state index contributed by atoms with van der Waals surface area (Å²) in [6.45, 7) is 1.60. The molecule has 2 rings (SSSR count). The van der Waals surface area contributed by atoms with Crippen molar-refractivity contribution in [2.24, 2.45) is 0 Å². The van der Waals surface area contributed by atoms with E-state index >= 15 is 0 Å². The minimum Gasteiger partial charge on any atom is -0.390 e. The van der Waals surface area contributed by atoms with Crippen molar-refractivity contribution in [1.82, 2.24) is 14.5 Å². The highest BCUT2D eigenvalue weighted by molar-refractivity contribution is 5.20.